The summed E-state index contributed by atoms with van der Waals surface area (Å²) < 4.78 is 0. The Balaban J connectivity index is 2.11. The molecule has 0 saturated heterocycles. The van der Waals surface area contributed by atoms with Gasteiger partial charge in [-0.3, -0.25) is 9.59 Å². The number of carbonyl (C=O) groups is 2. The second-order valence-corrected chi connectivity index (χ2v) is 6.23. The second kappa shape index (κ2) is 10.6. The SMILES string of the molecule is CCCCC[C@H]1C=CC(=O)[C@@H]1CCCCCCCC(=O)O. The molecule has 0 spiro atoms. The molecular weight excluding hydrogens is 264 g/mol. The van der Waals surface area contributed by atoms with Crippen LogP contribution in [0.3, 0.4) is 0 Å². The first-order valence-electron chi connectivity index (χ1n) is 8.59. The fraction of sp³-hybridized carbons (Fsp3) is 0.778. The summed E-state index contributed by atoms with van der Waals surface area (Å²) in [6.45, 7) is 2.21. The largest absolute Gasteiger partial charge is 0.481 e. The van der Waals surface area contributed by atoms with Crippen LogP contribution in [0.1, 0.15) is 77.6 Å². The van der Waals surface area contributed by atoms with Crippen LogP contribution in [-0.2, 0) is 9.59 Å². The van der Waals surface area contributed by atoms with Gasteiger partial charge in [-0.15, -0.1) is 0 Å². The van der Waals surface area contributed by atoms with Gasteiger partial charge < -0.3 is 5.11 Å². The maximum atomic E-state index is 11.9. The van der Waals surface area contributed by atoms with Crippen molar-refractivity contribution in [3.63, 3.8) is 0 Å². The van der Waals surface area contributed by atoms with Crippen molar-refractivity contribution in [2.75, 3.05) is 0 Å². The minimum absolute atomic E-state index is 0.223. The first-order valence-corrected chi connectivity index (χ1v) is 8.59. The molecule has 120 valence electrons. The average Bonchev–Trinajstić information content (AvgIpc) is 2.79. The Morgan fingerprint density at radius 3 is 2.43 bits per heavy atom. The van der Waals surface area contributed by atoms with Crippen molar-refractivity contribution in [1.82, 2.24) is 0 Å². The fourth-order valence-electron chi connectivity index (χ4n) is 3.14. The summed E-state index contributed by atoms with van der Waals surface area (Å²) in [5.74, 6) is 0.312. The molecule has 0 aromatic heterocycles. The van der Waals surface area contributed by atoms with Crippen molar-refractivity contribution in [3.8, 4) is 0 Å². The van der Waals surface area contributed by atoms with E-state index in [0.717, 1.165) is 44.9 Å². The van der Waals surface area contributed by atoms with Gasteiger partial charge in [0.05, 0.1) is 0 Å². The van der Waals surface area contributed by atoms with Gasteiger partial charge in [-0.1, -0.05) is 57.9 Å². The third kappa shape index (κ3) is 7.45. The highest BCUT2D eigenvalue weighted by atomic mass is 16.4. The van der Waals surface area contributed by atoms with Crippen molar-refractivity contribution < 1.29 is 14.7 Å². The number of carbonyl (C=O) groups excluding carboxylic acids is 1. The minimum atomic E-state index is -0.701. The topological polar surface area (TPSA) is 54.4 Å². The van der Waals surface area contributed by atoms with Gasteiger partial charge in [-0.2, -0.15) is 0 Å². The lowest BCUT2D eigenvalue weighted by molar-refractivity contribution is -0.137. The lowest BCUT2D eigenvalue weighted by Crippen LogP contribution is -2.16. The molecule has 3 nitrogen and oxygen atoms in total. The lowest BCUT2D eigenvalue weighted by Gasteiger charge is -2.17. The first kappa shape index (κ1) is 17.9. The summed E-state index contributed by atoms with van der Waals surface area (Å²) in [6.07, 6.45) is 15.1. The zero-order valence-electron chi connectivity index (χ0n) is 13.4. The minimum Gasteiger partial charge on any atom is -0.481 e. The Labute approximate surface area is 128 Å². The third-order valence-corrected chi connectivity index (χ3v) is 4.44. The Morgan fingerprint density at radius 2 is 1.71 bits per heavy atom. The standard InChI is InChI=1S/C18H30O3/c1-2-3-7-10-15-13-14-17(19)16(15)11-8-5-4-6-9-12-18(20)21/h13-16H,2-12H2,1H3,(H,20,21)/t15-,16+/m0/s1. The van der Waals surface area contributed by atoms with Gasteiger partial charge in [0.15, 0.2) is 5.78 Å². The van der Waals surface area contributed by atoms with Crippen LogP contribution in [0.25, 0.3) is 0 Å². The van der Waals surface area contributed by atoms with Crippen molar-refractivity contribution >= 4 is 11.8 Å². The molecule has 0 aliphatic heterocycles. The second-order valence-electron chi connectivity index (χ2n) is 6.23. The molecule has 0 bridgehead atoms. The van der Waals surface area contributed by atoms with Crippen LogP contribution in [0.15, 0.2) is 12.2 Å². The Bertz CT molecular complexity index is 346. The molecule has 21 heavy (non-hydrogen) atoms. The maximum Gasteiger partial charge on any atom is 0.303 e. The molecule has 0 fully saturated rings. The third-order valence-electron chi connectivity index (χ3n) is 4.44. The quantitative estimate of drug-likeness (QED) is 0.528. The highest BCUT2D eigenvalue weighted by Gasteiger charge is 2.28. The Kier molecular flexibility index (Phi) is 9.04. The van der Waals surface area contributed by atoms with E-state index in [4.69, 9.17) is 5.11 Å². The normalized spacial score (nSPS) is 21.1. The van der Waals surface area contributed by atoms with Gasteiger partial charge in [-0.05, 0) is 31.3 Å². The van der Waals surface area contributed by atoms with Crippen LogP contribution < -0.4 is 0 Å². The molecular formula is C18H30O3. The number of unbranched alkanes of at least 4 members (excludes halogenated alkanes) is 6. The molecule has 0 amide bonds. The van der Waals surface area contributed by atoms with E-state index in [1.165, 1.54) is 19.3 Å². The summed E-state index contributed by atoms with van der Waals surface area (Å²) >= 11 is 0. The van der Waals surface area contributed by atoms with Crippen molar-refractivity contribution in [3.05, 3.63) is 12.2 Å². The summed E-state index contributed by atoms with van der Waals surface area (Å²) in [7, 11) is 0. The molecule has 1 rings (SSSR count). The molecule has 0 unspecified atom stereocenters. The highest BCUT2D eigenvalue weighted by Crippen LogP contribution is 2.31. The summed E-state index contributed by atoms with van der Waals surface area (Å²) in [5, 5.41) is 8.56. The van der Waals surface area contributed by atoms with E-state index >= 15 is 0 Å². The summed E-state index contributed by atoms with van der Waals surface area (Å²) in [6, 6.07) is 0. The Morgan fingerprint density at radius 1 is 1.05 bits per heavy atom. The molecule has 2 atom stereocenters. The highest BCUT2D eigenvalue weighted by molar-refractivity contribution is 5.94. The van der Waals surface area contributed by atoms with Crippen LogP contribution in [0, 0.1) is 11.8 Å². The maximum absolute atomic E-state index is 11.9. The molecule has 1 N–H and O–H groups in total. The monoisotopic (exact) mass is 294 g/mol. The van der Waals surface area contributed by atoms with Gasteiger partial charge in [0.25, 0.3) is 0 Å². The number of carboxylic acid groups (broad SMARTS) is 1. The molecule has 0 aromatic rings. The smallest absolute Gasteiger partial charge is 0.303 e. The number of allylic oxidation sites excluding steroid dienone is 2. The van der Waals surface area contributed by atoms with Crippen molar-refractivity contribution in [1.29, 1.82) is 0 Å². The van der Waals surface area contributed by atoms with E-state index in [9.17, 15) is 9.59 Å². The average molecular weight is 294 g/mol. The van der Waals surface area contributed by atoms with Crippen LogP contribution in [-0.4, -0.2) is 16.9 Å². The van der Waals surface area contributed by atoms with E-state index in [-0.39, 0.29) is 12.3 Å². The number of ketones is 1. The summed E-state index contributed by atoms with van der Waals surface area (Å²) in [5.41, 5.74) is 0. The van der Waals surface area contributed by atoms with Crippen LogP contribution in [0.5, 0.6) is 0 Å². The number of rotatable bonds is 12. The number of carboxylic acids is 1. The summed E-state index contributed by atoms with van der Waals surface area (Å²) in [4.78, 5) is 22.3. The van der Waals surface area contributed by atoms with E-state index < -0.39 is 5.97 Å². The molecule has 1 aliphatic carbocycles. The van der Waals surface area contributed by atoms with Crippen LogP contribution >= 0.6 is 0 Å². The van der Waals surface area contributed by atoms with Crippen molar-refractivity contribution in [2.45, 2.75) is 77.6 Å². The van der Waals surface area contributed by atoms with Crippen molar-refractivity contribution in [2.24, 2.45) is 11.8 Å². The van der Waals surface area contributed by atoms with E-state index in [1.54, 1.807) is 6.08 Å². The van der Waals surface area contributed by atoms with Gasteiger partial charge in [0, 0.05) is 12.3 Å². The molecule has 0 aromatic carbocycles. The van der Waals surface area contributed by atoms with Gasteiger partial charge in [-0.25, -0.2) is 0 Å². The first-order chi connectivity index (χ1) is 10.1. The van der Waals surface area contributed by atoms with Crippen LogP contribution in [0.2, 0.25) is 0 Å². The predicted octanol–water partition coefficient (Wildman–Crippen LogP) is 4.75. The molecule has 1 aliphatic rings. The van der Waals surface area contributed by atoms with E-state index in [0.29, 0.717) is 11.7 Å². The van der Waals surface area contributed by atoms with E-state index in [2.05, 4.69) is 13.0 Å². The Hall–Kier alpha value is -1.12. The van der Waals surface area contributed by atoms with Gasteiger partial charge >= 0.3 is 5.97 Å². The van der Waals surface area contributed by atoms with Gasteiger partial charge in [0.2, 0.25) is 0 Å². The number of hydrogen-bond donors (Lipinski definition) is 1. The van der Waals surface area contributed by atoms with Crippen LogP contribution in [0.4, 0.5) is 0 Å². The fourth-order valence-corrected chi connectivity index (χ4v) is 3.14. The predicted molar refractivity (Wildman–Crippen MR) is 85.2 cm³/mol. The molecule has 0 radical (unpaired) electrons. The lowest BCUT2D eigenvalue weighted by atomic mass is 9.86. The van der Waals surface area contributed by atoms with E-state index in [1.807, 2.05) is 0 Å². The number of hydrogen-bond acceptors (Lipinski definition) is 2. The molecule has 0 heterocycles. The van der Waals surface area contributed by atoms with Gasteiger partial charge in [0.1, 0.15) is 0 Å². The zero-order chi connectivity index (χ0) is 15.5. The molecule has 0 saturated carbocycles. The zero-order valence-corrected chi connectivity index (χ0v) is 13.4. The molecule has 3 heteroatoms. The number of aliphatic carboxylic acids is 1.